The van der Waals surface area contributed by atoms with Gasteiger partial charge in [0.15, 0.2) is 0 Å². The van der Waals surface area contributed by atoms with Gasteiger partial charge in [0, 0.05) is 30.9 Å². The normalized spacial score (nSPS) is 16.7. The number of nitrogens with one attached hydrogen (secondary N) is 1. The molecule has 1 aliphatic heterocycles. The molecule has 1 N–H and O–H groups in total. The number of aryl methyl sites for hydroxylation is 1. The van der Waals surface area contributed by atoms with Gasteiger partial charge in [-0.25, -0.2) is 14.8 Å². The fourth-order valence-corrected chi connectivity index (χ4v) is 2.28. The van der Waals surface area contributed by atoms with Crippen LogP contribution in [0.3, 0.4) is 0 Å². The van der Waals surface area contributed by atoms with Gasteiger partial charge in [0.2, 0.25) is 0 Å². The third-order valence-corrected chi connectivity index (χ3v) is 3.30. The molecule has 2 heterocycles. The number of hydrogen-bond donors (Lipinski definition) is 1. The Morgan fingerprint density at radius 3 is 2.57 bits per heavy atom. The molecule has 0 atom stereocenters. The van der Waals surface area contributed by atoms with Gasteiger partial charge in [0.25, 0.3) is 0 Å². The molecular formula is C15H24N4O2. The molecule has 0 unspecified atom stereocenters. The Hall–Kier alpha value is -1.85. The first-order chi connectivity index (χ1) is 9.83. The van der Waals surface area contributed by atoms with Crippen molar-refractivity contribution in [2.75, 3.05) is 18.4 Å². The number of aromatic nitrogens is 2. The van der Waals surface area contributed by atoms with E-state index in [0.29, 0.717) is 19.1 Å². The van der Waals surface area contributed by atoms with E-state index in [4.69, 9.17) is 4.74 Å². The van der Waals surface area contributed by atoms with Gasteiger partial charge in [0.05, 0.1) is 0 Å². The van der Waals surface area contributed by atoms with Crippen LogP contribution >= 0.6 is 0 Å². The van der Waals surface area contributed by atoms with E-state index in [1.165, 1.54) is 0 Å². The van der Waals surface area contributed by atoms with E-state index in [2.05, 4.69) is 15.3 Å². The molecule has 1 aromatic heterocycles. The van der Waals surface area contributed by atoms with Crippen LogP contribution in [0.5, 0.6) is 0 Å². The second-order valence-electron chi connectivity index (χ2n) is 6.43. The maximum absolute atomic E-state index is 12.0. The number of carbonyl (C=O) groups excluding carboxylic acids is 1. The molecule has 1 saturated heterocycles. The van der Waals surface area contributed by atoms with Crippen LogP contribution in [-0.2, 0) is 4.74 Å². The maximum atomic E-state index is 12.0. The zero-order valence-corrected chi connectivity index (χ0v) is 13.2. The SMILES string of the molecule is Cc1cc(NC2CCN(C(=O)OC(C)(C)C)CC2)ncn1. The van der Waals surface area contributed by atoms with Gasteiger partial charge in [-0.05, 0) is 40.5 Å². The van der Waals surface area contributed by atoms with Gasteiger partial charge < -0.3 is 15.0 Å². The molecule has 0 saturated carbocycles. The van der Waals surface area contributed by atoms with E-state index in [0.717, 1.165) is 24.4 Å². The van der Waals surface area contributed by atoms with Crippen molar-refractivity contribution in [3.05, 3.63) is 18.1 Å². The average Bonchev–Trinajstić information content (AvgIpc) is 2.37. The molecule has 116 valence electrons. The van der Waals surface area contributed by atoms with Gasteiger partial charge in [-0.2, -0.15) is 0 Å². The summed E-state index contributed by atoms with van der Waals surface area (Å²) in [6.07, 6.45) is 3.12. The third-order valence-electron chi connectivity index (χ3n) is 3.30. The molecule has 6 heteroatoms. The van der Waals surface area contributed by atoms with E-state index in [-0.39, 0.29) is 6.09 Å². The van der Waals surface area contributed by atoms with Crippen molar-refractivity contribution >= 4 is 11.9 Å². The van der Waals surface area contributed by atoms with Crippen molar-refractivity contribution < 1.29 is 9.53 Å². The molecular weight excluding hydrogens is 268 g/mol. The second-order valence-corrected chi connectivity index (χ2v) is 6.43. The minimum absolute atomic E-state index is 0.223. The number of anilines is 1. The summed E-state index contributed by atoms with van der Waals surface area (Å²) in [5, 5.41) is 3.40. The van der Waals surface area contributed by atoms with Crippen LogP contribution in [0.1, 0.15) is 39.3 Å². The van der Waals surface area contributed by atoms with Crippen molar-refractivity contribution in [1.82, 2.24) is 14.9 Å². The van der Waals surface area contributed by atoms with Crippen LogP contribution < -0.4 is 5.32 Å². The van der Waals surface area contributed by atoms with Crippen LogP contribution in [0, 0.1) is 6.92 Å². The molecule has 1 aliphatic rings. The van der Waals surface area contributed by atoms with Crippen molar-refractivity contribution in [1.29, 1.82) is 0 Å². The number of piperidine rings is 1. The van der Waals surface area contributed by atoms with E-state index >= 15 is 0 Å². The molecule has 0 spiro atoms. The van der Waals surface area contributed by atoms with Crippen molar-refractivity contribution in [2.24, 2.45) is 0 Å². The van der Waals surface area contributed by atoms with Gasteiger partial charge in [0.1, 0.15) is 17.7 Å². The summed E-state index contributed by atoms with van der Waals surface area (Å²) in [5.41, 5.74) is 0.503. The lowest BCUT2D eigenvalue weighted by Crippen LogP contribution is -2.44. The van der Waals surface area contributed by atoms with E-state index in [1.807, 2.05) is 33.8 Å². The number of rotatable bonds is 2. The van der Waals surface area contributed by atoms with Crippen molar-refractivity contribution in [3.63, 3.8) is 0 Å². The topological polar surface area (TPSA) is 67.4 Å². The van der Waals surface area contributed by atoms with Gasteiger partial charge >= 0.3 is 6.09 Å². The number of carbonyl (C=O) groups is 1. The second kappa shape index (κ2) is 6.28. The Bertz CT molecular complexity index is 491. The number of ether oxygens (including phenoxy) is 1. The van der Waals surface area contributed by atoms with Gasteiger partial charge in [-0.1, -0.05) is 0 Å². The lowest BCUT2D eigenvalue weighted by atomic mass is 10.1. The van der Waals surface area contributed by atoms with E-state index in [1.54, 1.807) is 11.2 Å². The van der Waals surface area contributed by atoms with Crippen LogP contribution in [-0.4, -0.2) is 45.7 Å². The first-order valence-corrected chi connectivity index (χ1v) is 7.36. The number of likely N-dealkylation sites (tertiary alicyclic amines) is 1. The Kier molecular flexibility index (Phi) is 4.65. The average molecular weight is 292 g/mol. The summed E-state index contributed by atoms with van der Waals surface area (Å²) < 4.78 is 5.39. The van der Waals surface area contributed by atoms with Crippen LogP contribution in [0.25, 0.3) is 0 Å². The highest BCUT2D eigenvalue weighted by molar-refractivity contribution is 5.68. The Labute approximate surface area is 125 Å². The largest absolute Gasteiger partial charge is 0.444 e. The standard InChI is InChI=1S/C15H24N4O2/c1-11-9-13(17-10-16-11)18-12-5-7-19(8-6-12)14(20)21-15(2,3)4/h9-10,12H,5-8H2,1-4H3,(H,16,17,18). The van der Waals surface area contributed by atoms with Crippen molar-refractivity contribution in [2.45, 2.75) is 52.2 Å². The summed E-state index contributed by atoms with van der Waals surface area (Å²) >= 11 is 0. The number of amides is 1. The molecule has 1 fully saturated rings. The summed E-state index contributed by atoms with van der Waals surface area (Å²) in [6, 6.07) is 2.26. The molecule has 1 amide bonds. The minimum Gasteiger partial charge on any atom is -0.444 e. The Morgan fingerprint density at radius 2 is 2.00 bits per heavy atom. The Balaban J connectivity index is 1.82. The lowest BCUT2D eigenvalue weighted by molar-refractivity contribution is 0.0210. The third kappa shape index (κ3) is 4.88. The molecule has 0 radical (unpaired) electrons. The first kappa shape index (κ1) is 15.5. The number of nitrogens with zero attached hydrogens (tertiary/aromatic N) is 3. The summed E-state index contributed by atoms with van der Waals surface area (Å²) in [5.74, 6) is 0.846. The minimum atomic E-state index is -0.440. The highest BCUT2D eigenvalue weighted by Gasteiger charge is 2.26. The fourth-order valence-electron chi connectivity index (χ4n) is 2.28. The van der Waals surface area contributed by atoms with Gasteiger partial charge in [-0.15, -0.1) is 0 Å². The van der Waals surface area contributed by atoms with Crippen LogP contribution in [0.4, 0.5) is 10.6 Å². The molecule has 0 bridgehead atoms. The molecule has 0 aliphatic carbocycles. The van der Waals surface area contributed by atoms with Crippen LogP contribution in [0.15, 0.2) is 12.4 Å². The summed E-state index contributed by atoms with van der Waals surface area (Å²) in [7, 11) is 0. The fraction of sp³-hybridized carbons (Fsp3) is 0.667. The van der Waals surface area contributed by atoms with E-state index in [9.17, 15) is 4.79 Å². The highest BCUT2D eigenvalue weighted by atomic mass is 16.6. The quantitative estimate of drug-likeness (QED) is 0.907. The molecule has 1 aromatic rings. The zero-order valence-electron chi connectivity index (χ0n) is 13.2. The highest BCUT2D eigenvalue weighted by Crippen LogP contribution is 2.18. The number of hydrogen-bond acceptors (Lipinski definition) is 5. The Morgan fingerprint density at radius 1 is 1.33 bits per heavy atom. The zero-order chi connectivity index (χ0) is 15.5. The summed E-state index contributed by atoms with van der Waals surface area (Å²) in [6.45, 7) is 9.01. The monoisotopic (exact) mass is 292 g/mol. The summed E-state index contributed by atoms with van der Waals surface area (Å²) in [4.78, 5) is 22.0. The molecule has 6 nitrogen and oxygen atoms in total. The smallest absolute Gasteiger partial charge is 0.410 e. The van der Waals surface area contributed by atoms with Gasteiger partial charge in [-0.3, -0.25) is 0 Å². The lowest BCUT2D eigenvalue weighted by Gasteiger charge is -2.33. The maximum Gasteiger partial charge on any atom is 0.410 e. The first-order valence-electron chi connectivity index (χ1n) is 7.36. The predicted octanol–water partition coefficient (Wildman–Crippen LogP) is 2.60. The van der Waals surface area contributed by atoms with E-state index < -0.39 is 5.60 Å². The molecule has 2 rings (SSSR count). The van der Waals surface area contributed by atoms with Crippen molar-refractivity contribution in [3.8, 4) is 0 Å². The molecule has 21 heavy (non-hydrogen) atoms. The molecule has 0 aromatic carbocycles. The predicted molar refractivity (Wildman–Crippen MR) is 81.2 cm³/mol. The van der Waals surface area contributed by atoms with Crippen LogP contribution in [0.2, 0.25) is 0 Å².